The molecule has 4 amide bonds. The molecule has 2 aromatic heterocycles. The Hall–Kier alpha value is -5.19. The van der Waals surface area contributed by atoms with Crippen LogP contribution in [0.25, 0.3) is 17.0 Å². The van der Waals surface area contributed by atoms with Crippen LogP contribution in [0.3, 0.4) is 0 Å². The molecule has 186 valence electrons. The third-order valence-corrected chi connectivity index (χ3v) is 5.71. The summed E-state index contributed by atoms with van der Waals surface area (Å²) in [4.78, 5) is 49.6. The molecule has 2 aromatic carbocycles. The third kappa shape index (κ3) is 4.82. The highest BCUT2D eigenvalue weighted by Crippen LogP contribution is 2.26. The normalized spacial score (nSPS) is 14.4. The van der Waals surface area contributed by atoms with Crippen LogP contribution in [0.2, 0.25) is 0 Å². The fourth-order valence-corrected chi connectivity index (χ4v) is 4.01. The van der Waals surface area contributed by atoms with Gasteiger partial charge in [-0.1, -0.05) is 18.2 Å². The van der Waals surface area contributed by atoms with E-state index in [1.54, 1.807) is 12.3 Å². The standard InChI is InChI=1S/C26H19FN4O6/c27-16-5-7-17(8-6-16)28-23(32)14-31-24(33)20(29-26(31)36)11-15-12-30(21-4-2-1-3-19(15)21)13-18-9-10-22(37-18)25(34)35/h1-12H,13-14H2,(H,28,32)(H,29,36)(H,34,35)/b20-11-. The summed E-state index contributed by atoms with van der Waals surface area (Å²) < 4.78 is 20.3. The molecule has 0 radical (unpaired) electrons. The molecule has 0 aliphatic carbocycles. The first-order valence-corrected chi connectivity index (χ1v) is 11.1. The molecule has 0 unspecified atom stereocenters. The second-order valence-electron chi connectivity index (χ2n) is 8.24. The van der Waals surface area contributed by atoms with E-state index in [2.05, 4.69) is 10.6 Å². The van der Waals surface area contributed by atoms with E-state index in [1.165, 1.54) is 36.4 Å². The van der Waals surface area contributed by atoms with Crippen LogP contribution in [0.5, 0.6) is 0 Å². The summed E-state index contributed by atoms with van der Waals surface area (Å²) in [7, 11) is 0. The number of carbonyl (C=O) groups excluding carboxylic acids is 3. The summed E-state index contributed by atoms with van der Waals surface area (Å²) in [6.07, 6.45) is 3.27. The number of carboxylic acids is 1. The Balaban J connectivity index is 1.36. The van der Waals surface area contributed by atoms with Gasteiger partial charge in [0.1, 0.15) is 23.8 Å². The molecule has 3 N–H and O–H groups in total. The lowest BCUT2D eigenvalue weighted by atomic mass is 10.1. The van der Waals surface area contributed by atoms with Gasteiger partial charge in [0.25, 0.3) is 5.91 Å². The SMILES string of the molecule is O=C(CN1C(=O)N/C(=C\c2cn(Cc3ccc(C(=O)O)o3)c3ccccc23)C1=O)Nc1ccc(F)cc1. The zero-order chi connectivity index (χ0) is 26.1. The predicted octanol–water partition coefficient (Wildman–Crippen LogP) is 3.65. The molecule has 37 heavy (non-hydrogen) atoms. The number of amides is 4. The van der Waals surface area contributed by atoms with Crippen molar-refractivity contribution in [2.45, 2.75) is 6.54 Å². The maximum atomic E-state index is 13.1. The maximum absolute atomic E-state index is 13.1. The van der Waals surface area contributed by atoms with Crippen molar-refractivity contribution in [1.29, 1.82) is 0 Å². The molecule has 1 aliphatic heterocycles. The maximum Gasteiger partial charge on any atom is 0.371 e. The van der Waals surface area contributed by atoms with E-state index in [4.69, 9.17) is 9.52 Å². The van der Waals surface area contributed by atoms with Gasteiger partial charge in [-0.25, -0.2) is 18.9 Å². The first kappa shape index (κ1) is 23.5. The Morgan fingerprint density at radius 3 is 2.54 bits per heavy atom. The largest absolute Gasteiger partial charge is 0.475 e. The number of anilines is 1. The van der Waals surface area contributed by atoms with Crippen LogP contribution in [0, 0.1) is 5.82 Å². The average Bonchev–Trinajstić information content (AvgIpc) is 3.55. The summed E-state index contributed by atoms with van der Waals surface area (Å²) in [6.45, 7) is -0.279. The van der Waals surface area contributed by atoms with Gasteiger partial charge in [-0.05, 0) is 48.5 Å². The van der Waals surface area contributed by atoms with Crippen molar-refractivity contribution in [2.24, 2.45) is 0 Å². The number of carboxylic acid groups (broad SMARTS) is 1. The first-order valence-electron chi connectivity index (χ1n) is 11.1. The van der Waals surface area contributed by atoms with Crippen molar-refractivity contribution in [1.82, 2.24) is 14.8 Å². The fraction of sp³-hybridized carbons (Fsp3) is 0.0769. The minimum atomic E-state index is -1.17. The van der Waals surface area contributed by atoms with Crippen molar-refractivity contribution < 1.29 is 33.1 Å². The molecule has 0 bridgehead atoms. The minimum absolute atomic E-state index is 0.00588. The van der Waals surface area contributed by atoms with Gasteiger partial charge in [-0.2, -0.15) is 0 Å². The lowest BCUT2D eigenvalue weighted by Gasteiger charge is -2.11. The number of nitrogens with one attached hydrogen (secondary N) is 2. The van der Waals surface area contributed by atoms with Crippen LogP contribution in [0.15, 0.2) is 77.0 Å². The number of aromatic carboxylic acids is 1. The van der Waals surface area contributed by atoms with E-state index < -0.39 is 36.2 Å². The van der Waals surface area contributed by atoms with Gasteiger partial charge in [0.05, 0.1) is 6.54 Å². The number of aromatic nitrogens is 1. The topological polar surface area (TPSA) is 134 Å². The number of halogens is 1. The van der Waals surface area contributed by atoms with E-state index in [1.807, 2.05) is 28.8 Å². The number of para-hydroxylation sites is 1. The quantitative estimate of drug-likeness (QED) is 0.261. The van der Waals surface area contributed by atoms with Gasteiger partial charge in [0, 0.05) is 28.4 Å². The molecule has 4 aromatic rings. The zero-order valence-corrected chi connectivity index (χ0v) is 19.1. The summed E-state index contributed by atoms with van der Waals surface area (Å²) >= 11 is 0. The van der Waals surface area contributed by atoms with Gasteiger partial charge < -0.3 is 24.7 Å². The number of imide groups is 1. The molecule has 3 heterocycles. The Kier molecular flexibility index (Phi) is 6.02. The van der Waals surface area contributed by atoms with E-state index in [0.29, 0.717) is 17.0 Å². The smallest absolute Gasteiger partial charge is 0.371 e. The lowest BCUT2D eigenvalue weighted by Crippen LogP contribution is -2.38. The number of carbonyl (C=O) groups is 4. The Morgan fingerprint density at radius 2 is 1.81 bits per heavy atom. The number of hydrogen-bond donors (Lipinski definition) is 3. The van der Waals surface area contributed by atoms with Gasteiger partial charge in [0.2, 0.25) is 11.7 Å². The van der Waals surface area contributed by atoms with Gasteiger partial charge in [0.15, 0.2) is 0 Å². The van der Waals surface area contributed by atoms with Gasteiger partial charge in [-0.15, -0.1) is 0 Å². The van der Waals surface area contributed by atoms with Crippen molar-refractivity contribution in [3.8, 4) is 0 Å². The van der Waals surface area contributed by atoms with Gasteiger partial charge in [-0.3, -0.25) is 9.59 Å². The minimum Gasteiger partial charge on any atom is -0.475 e. The number of urea groups is 1. The zero-order valence-electron chi connectivity index (χ0n) is 19.1. The number of furan rings is 1. The Bertz CT molecular complexity index is 1580. The first-order chi connectivity index (χ1) is 17.8. The number of rotatable bonds is 7. The molecule has 0 saturated carbocycles. The predicted molar refractivity (Wildman–Crippen MR) is 130 cm³/mol. The Labute approximate surface area is 208 Å². The van der Waals surface area contributed by atoms with E-state index >= 15 is 0 Å². The number of nitrogens with zero attached hydrogens (tertiary/aromatic N) is 2. The molecule has 5 rings (SSSR count). The molecule has 0 atom stereocenters. The lowest BCUT2D eigenvalue weighted by molar-refractivity contribution is -0.127. The van der Waals surface area contributed by atoms with Crippen LogP contribution >= 0.6 is 0 Å². The van der Waals surface area contributed by atoms with Crippen molar-refractivity contribution in [2.75, 3.05) is 11.9 Å². The second-order valence-corrected chi connectivity index (χ2v) is 8.24. The highest BCUT2D eigenvalue weighted by molar-refractivity contribution is 6.16. The molecule has 0 spiro atoms. The summed E-state index contributed by atoms with van der Waals surface area (Å²) in [5.74, 6) is -2.66. The van der Waals surface area contributed by atoms with E-state index in [-0.39, 0.29) is 18.0 Å². The van der Waals surface area contributed by atoms with Gasteiger partial charge >= 0.3 is 12.0 Å². The molecule has 11 heteroatoms. The van der Waals surface area contributed by atoms with E-state index in [0.717, 1.165) is 15.8 Å². The number of hydrogen-bond acceptors (Lipinski definition) is 5. The second kappa shape index (κ2) is 9.46. The van der Waals surface area contributed by atoms with Crippen molar-refractivity contribution in [3.05, 3.63) is 95.5 Å². The molecular formula is C26H19FN4O6. The van der Waals surface area contributed by atoms with Crippen LogP contribution in [-0.4, -0.2) is 44.9 Å². The highest BCUT2D eigenvalue weighted by Gasteiger charge is 2.35. The van der Waals surface area contributed by atoms with Crippen LogP contribution in [0.4, 0.5) is 14.9 Å². The number of fused-ring (bicyclic) bond motifs is 1. The van der Waals surface area contributed by atoms with Crippen LogP contribution < -0.4 is 10.6 Å². The third-order valence-electron chi connectivity index (χ3n) is 5.71. The van der Waals surface area contributed by atoms with Crippen LogP contribution in [-0.2, 0) is 16.1 Å². The highest BCUT2D eigenvalue weighted by atomic mass is 19.1. The molecule has 1 fully saturated rings. The van der Waals surface area contributed by atoms with Crippen molar-refractivity contribution >= 4 is 46.5 Å². The Morgan fingerprint density at radius 1 is 1.05 bits per heavy atom. The van der Waals surface area contributed by atoms with E-state index in [9.17, 15) is 23.6 Å². The van der Waals surface area contributed by atoms with Crippen molar-refractivity contribution in [3.63, 3.8) is 0 Å². The fourth-order valence-electron chi connectivity index (χ4n) is 4.01. The summed E-state index contributed by atoms with van der Waals surface area (Å²) in [6, 6.07) is 14.7. The molecule has 1 aliphatic rings. The summed E-state index contributed by atoms with van der Waals surface area (Å²) in [5, 5.41) is 14.9. The molecule has 10 nitrogen and oxygen atoms in total. The monoisotopic (exact) mass is 502 g/mol. The number of benzene rings is 2. The average molecular weight is 502 g/mol. The summed E-state index contributed by atoms with van der Waals surface area (Å²) in [5.41, 5.74) is 1.75. The molecular weight excluding hydrogens is 483 g/mol. The molecule has 1 saturated heterocycles. The van der Waals surface area contributed by atoms with Crippen LogP contribution in [0.1, 0.15) is 21.9 Å².